The number of aryl methyl sites for hydroxylation is 3. The molecule has 3 heteroatoms. The van der Waals surface area contributed by atoms with E-state index in [2.05, 4.69) is 16.0 Å². The van der Waals surface area contributed by atoms with E-state index in [1.807, 2.05) is 66.9 Å². The highest BCUT2D eigenvalue weighted by Gasteiger charge is 1.83. The average Bonchev–Trinajstić information content (AvgIpc) is 2.47. The summed E-state index contributed by atoms with van der Waals surface area (Å²) in [5, 5.41) is 0.551. The van der Waals surface area contributed by atoms with Crippen LogP contribution in [-0.2, 0) is 0 Å². The van der Waals surface area contributed by atoms with Crippen molar-refractivity contribution < 1.29 is 0 Å². The maximum atomic E-state index is 5.50. The molecule has 0 spiro atoms. The Morgan fingerprint density at radius 2 is 1.25 bits per heavy atom. The largest absolute Gasteiger partial charge is 0.264 e. The van der Waals surface area contributed by atoms with Crippen molar-refractivity contribution in [3.05, 3.63) is 58.6 Å². The van der Waals surface area contributed by atoms with Crippen molar-refractivity contribution in [2.75, 3.05) is 0 Å². The van der Waals surface area contributed by atoms with E-state index in [9.17, 15) is 0 Å². The molecule has 0 saturated carbocycles. The first-order valence-electron chi connectivity index (χ1n) is 7.04. The molecule has 112 valence electrons. The van der Waals surface area contributed by atoms with Crippen molar-refractivity contribution >= 4 is 11.6 Å². The molecule has 0 saturated heterocycles. The standard InChI is InChI=1S/C7H9N.C6H6ClN.2C2H6/c1-6-3-7(2)5-8-4-6;1-5-2-3-6(7)8-4-5;2*1-2/h3-5H,1-2H3;2-4H,1H3;2*1-2H3. The van der Waals surface area contributed by atoms with Gasteiger partial charge in [0.2, 0.25) is 0 Å². The van der Waals surface area contributed by atoms with Crippen molar-refractivity contribution in [3.63, 3.8) is 0 Å². The van der Waals surface area contributed by atoms with Crippen molar-refractivity contribution in [1.29, 1.82) is 0 Å². The molecule has 2 aromatic heterocycles. The molecule has 0 radical (unpaired) electrons. The van der Waals surface area contributed by atoms with Crippen LogP contribution in [0.3, 0.4) is 0 Å². The van der Waals surface area contributed by atoms with Gasteiger partial charge >= 0.3 is 0 Å². The second-order valence-corrected chi connectivity index (χ2v) is 4.09. The minimum atomic E-state index is 0.551. The van der Waals surface area contributed by atoms with Gasteiger partial charge in [0.05, 0.1) is 0 Å². The van der Waals surface area contributed by atoms with Gasteiger partial charge in [0.25, 0.3) is 0 Å². The summed E-state index contributed by atoms with van der Waals surface area (Å²) in [4.78, 5) is 7.83. The van der Waals surface area contributed by atoms with Crippen LogP contribution in [-0.4, -0.2) is 9.97 Å². The Morgan fingerprint density at radius 3 is 1.50 bits per heavy atom. The van der Waals surface area contributed by atoms with Gasteiger partial charge in [-0.25, -0.2) is 4.98 Å². The predicted octanol–water partition coefficient (Wildman–Crippen LogP) is 5.79. The summed E-state index contributed by atoms with van der Waals surface area (Å²) < 4.78 is 0. The Labute approximate surface area is 129 Å². The normalized spacial score (nSPS) is 8.00. The Kier molecular flexibility index (Phi) is 14.6. The lowest BCUT2D eigenvalue weighted by Crippen LogP contribution is -1.76. The van der Waals surface area contributed by atoms with Crippen molar-refractivity contribution in [2.45, 2.75) is 48.5 Å². The van der Waals surface area contributed by atoms with E-state index in [0.29, 0.717) is 5.15 Å². The fourth-order valence-corrected chi connectivity index (χ4v) is 1.27. The first kappa shape index (κ1) is 20.9. The molecule has 0 unspecified atom stereocenters. The summed E-state index contributed by atoms with van der Waals surface area (Å²) in [6.45, 7) is 14.1. The Balaban J connectivity index is 0. The number of hydrogen-bond acceptors (Lipinski definition) is 2. The topological polar surface area (TPSA) is 25.8 Å². The summed E-state index contributed by atoms with van der Waals surface area (Å²) >= 11 is 5.50. The zero-order chi connectivity index (χ0) is 16.0. The molecular formula is C17H27ClN2. The van der Waals surface area contributed by atoms with Crippen LogP contribution in [0.1, 0.15) is 44.4 Å². The third-order valence-electron chi connectivity index (χ3n) is 1.89. The smallest absolute Gasteiger partial charge is 0.129 e. The van der Waals surface area contributed by atoms with Gasteiger partial charge in [0.1, 0.15) is 5.15 Å². The van der Waals surface area contributed by atoms with Gasteiger partial charge in [-0.2, -0.15) is 0 Å². The molecule has 0 amide bonds. The molecule has 0 aliphatic heterocycles. The lowest BCUT2D eigenvalue weighted by molar-refractivity contribution is 1.22. The Hall–Kier alpha value is -1.41. The van der Waals surface area contributed by atoms with Crippen LogP contribution in [0, 0.1) is 20.8 Å². The van der Waals surface area contributed by atoms with Gasteiger partial charge < -0.3 is 0 Å². The highest BCUT2D eigenvalue weighted by atomic mass is 35.5. The summed E-state index contributed by atoms with van der Waals surface area (Å²) in [6, 6.07) is 5.80. The number of pyridine rings is 2. The van der Waals surface area contributed by atoms with Gasteiger partial charge in [-0.15, -0.1) is 0 Å². The third kappa shape index (κ3) is 11.7. The molecule has 0 N–H and O–H groups in total. The van der Waals surface area contributed by atoms with Gasteiger partial charge in [0, 0.05) is 18.6 Å². The van der Waals surface area contributed by atoms with Crippen molar-refractivity contribution in [2.24, 2.45) is 0 Å². The molecule has 2 rings (SSSR count). The molecule has 0 aliphatic rings. The summed E-state index contributed by atoms with van der Waals surface area (Å²) in [7, 11) is 0. The first-order chi connectivity index (χ1) is 9.58. The maximum Gasteiger partial charge on any atom is 0.129 e. The number of nitrogens with zero attached hydrogens (tertiary/aromatic N) is 2. The van der Waals surface area contributed by atoms with E-state index in [0.717, 1.165) is 5.56 Å². The minimum Gasteiger partial charge on any atom is -0.264 e. The van der Waals surface area contributed by atoms with Crippen molar-refractivity contribution in [1.82, 2.24) is 9.97 Å². The quantitative estimate of drug-likeness (QED) is 0.574. The van der Waals surface area contributed by atoms with E-state index in [-0.39, 0.29) is 0 Å². The molecule has 0 bridgehead atoms. The Bertz CT molecular complexity index is 401. The first-order valence-corrected chi connectivity index (χ1v) is 7.42. The maximum absolute atomic E-state index is 5.50. The molecule has 0 fully saturated rings. The molecule has 0 atom stereocenters. The lowest BCUT2D eigenvalue weighted by atomic mass is 10.2. The van der Waals surface area contributed by atoms with Crippen LogP contribution in [0.5, 0.6) is 0 Å². The van der Waals surface area contributed by atoms with E-state index in [4.69, 9.17) is 11.6 Å². The van der Waals surface area contributed by atoms with Crippen LogP contribution in [0.15, 0.2) is 36.8 Å². The monoisotopic (exact) mass is 294 g/mol. The zero-order valence-corrected chi connectivity index (χ0v) is 14.5. The third-order valence-corrected chi connectivity index (χ3v) is 2.11. The van der Waals surface area contributed by atoms with Crippen molar-refractivity contribution in [3.8, 4) is 0 Å². The van der Waals surface area contributed by atoms with E-state index < -0.39 is 0 Å². The number of halogens is 1. The molecule has 2 heterocycles. The molecule has 0 aromatic carbocycles. The Morgan fingerprint density at radius 1 is 0.750 bits per heavy atom. The fourth-order valence-electron chi connectivity index (χ4n) is 1.16. The van der Waals surface area contributed by atoms with Crippen LogP contribution in [0.2, 0.25) is 5.15 Å². The highest BCUT2D eigenvalue weighted by Crippen LogP contribution is 2.02. The van der Waals surface area contributed by atoms with E-state index in [1.165, 1.54) is 11.1 Å². The van der Waals surface area contributed by atoms with Gasteiger partial charge in [0.15, 0.2) is 0 Å². The fraction of sp³-hybridized carbons (Fsp3) is 0.412. The average molecular weight is 295 g/mol. The minimum absolute atomic E-state index is 0.551. The second kappa shape index (κ2) is 14.0. The van der Waals surface area contributed by atoms with Crippen LogP contribution in [0.4, 0.5) is 0 Å². The lowest BCUT2D eigenvalue weighted by Gasteiger charge is -1.89. The zero-order valence-electron chi connectivity index (χ0n) is 13.7. The highest BCUT2D eigenvalue weighted by molar-refractivity contribution is 6.29. The molecule has 20 heavy (non-hydrogen) atoms. The predicted molar refractivity (Wildman–Crippen MR) is 90.4 cm³/mol. The van der Waals surface area contributed by atoms with E-state index in [1.54, 1.807) is 12.3 Å². The summed E-state index contributed by atoms with van der Waals surface area (Å²) in [6.07, 6.45) is 5.45. The summed E-state index contributed by atoms with van der Waals surface area (Å²) in [5.74, 6) is 0. The molecular weight excluding hydrogens is 268 g/mol. The molecule has 2 nitrogen and oxygen atoms in total. The number of rotatable bonds is 0. The van der Waals surface area contributed by atoms with Crippen LogP contribution in [0.25, 0.3) is 0 Å². The molecule has 0 aliphatic carbocycles. The van der Waals surface area contributed by atoms with Gasteiger partial charge in [-0.1, -0.05) is 51.4 Å². The van der Waals surface area contributed by atoms with Crippen LogP contribution < -0.4 is 0 Å². The molecule has 2 aromatic rings. The summed E-state index contributed by atoms with van der Waals surface area (Å²) in [5.41, 5.74) is 3.59. The SMILES string of the molecule is CC.CC.Cc1ccc(Cl)nc1.Cc1cncc(C)c1. The second-order valence-electron chi connectivity index (χ2n) is 3.70. The van der Waals surface area contributed by atoms with Gasteiger partial charge in [-0.3, -0.25) is 4.98 Å². The number of aromatic nitrogens is 2. The van der Waals surface area contributed by atoms with Gasteiger partial charge in [-0.05, 0) is 43.5 Å². The van der Waals surface area contributed by atoms with E-state index >= 15 is 0 Å². The number of hydrogen-bond donors (Lipinski definition) is 0. The van der Waals surface area contributed by atoms with Crippen LogP contribution >= 0.6 is 11.6 Å².